The minimum Gasteiger partial charge on any atom is -0.496 e. The smallest absolute Gasteiger partial charge is 0.325 e. The molecule has 0 spiro atoms. The third kappa shape index (κ3) is 3.47. The lowest BCUT2D eigenvalue weighted by Gasteiger charge is -2.26. The number of nitrogens with zero attached hydrogens (tertiary/aromatic N) is 1. The molecule has 19 heavy (non-hydrogen) atoms. The summed E-state index contributed by atoms with van der Waals surface area (Å²) >= 11 is 0. The van der Waals surface area contributed by atoms with E-state index in [2.05, 4.69) is 20.8 Å². The van der Waals surface area contributed by atoms with Crippen molar-refractivity contribution in [1.82, 2.24) is 4.90 Å². The van der Waals surface area contributed by atoms with E-state index >= 15 is 0 Å². The molecule has 0 fully saturated rings. The summed E-state index contributed by atoms with van der Waals surface area (Å²) in [6, 6.07) is 5.04. The van der Waals surface area contributed by atoms with Crippen LogP contribution in [0.2, 0.25) is 0 Å². The fraction of sp³-hybridized carbons (Fsp3) is 0.533. The largest absolute Gasteiger partial charge is 0.496 e. The SMILES string of the molecule is COc1ccc(C(C)(C)C)cc1C(C(=O)O)N(C)C. The molecule has 0 aliphatic carbocycles. The number of carbonyl (C=O) groups is 1. The molecule has 0 amide bonds. The van der Waals surface area contributed by atoms with Gasteiger partial charge in [0, 0.05) is 5.56 Å². The molecule has 0 bridgehead atoms. The Kier molecular flexibility index (Phi) is 4.58. The third-order valence-corrected chi connectivity index (χ3v) is 3.14. The maximum absolute atomic E-state index is 11.5. The van der Waals surface area contributed by atoms with Crippen molar-refractivity contribution in [2.75, 3.05) is 21.2 Å². The van der Waals surface area contributed by atoms with E-state index in [-0.39, 0.29) is 5.41 Å². The minimum atomic E-state index is -0.880. The molecule has 1 aromatic carbocycles. The van der Waals surface area contributed by atoms with Crippen LogP contribution in [0.1, 0.15) is 37.9 Å². The summed E-state index contributed by atoms with van der Waals surface area (Å²) in [5.41, 5.74) is 1.75. The summed E-state index contributed by atoms with van der Waals surface area (Å²) in [6.07, 6.45) is 0. The number of hydrogen-bond donors (Lipinski definition) is 1. The van der Waals surface area contributed by atoms with Gasteiger partial charge >= 0.3 is 5.97 Å². The van der Waals surface area contributed by atoms with E-state index in [9.17, 15) is 9.90 Å². The lowest BCUT2D eigenvalue weighted by Crippen LogP contribution is -2.28. The first-order valence-corrected chi connectivity index (χ1v) is 6.26. The van der Waals surface area contributed by atoms with Crippen LogP contribution >= 0.6 is 0 Å². The normalized spacial score (nSPS) is 13.4. The van der Waals surface area contributed by atoms with Crippen molar-refractivity contribution in [2.24, 2.45) is 0 Å². The lowest BCUT2D eigenvalue weighted by molar-refractivity contribution is -0.142. The number of aliphatic carboxylic acids is 1. The summed E-state index contributed by atoms with van der Waals surface area (Å²) in [6.45, 7) is 6.30. The van der Waals surface area contributed by atoms with Crippen LogP contribution in [0.15, 0.2) is 18.2 Å². The number of ether oxygens (including phenoxy) is 1. The van der Waals surface area contributed by atoms with Gasteiger partial charge in [-0.25, -0.2) is 0 Å². The maximum atomic E-state index is 11.5. The topological polar surface area (TPSA) is 49.8 Å². The van der Waals surface area contributed by atoms with E-state index in [1.54, 1.807) is 26.1 Å². The molecule has 1 atom stereocenters. The van der Waals surface area contributed by atoms with Gasteiger partial charge in [0.2, 0.25) is 0 Å². The zero-order chi connectivity index (χ0) is 14.8. The summed E-state index contributed by atoms with van der Waals surface area (Å²) in [4.78, 5) is 13.1. The van der Waals surface area contributed by atoms with Gasteiger partial charge in [0.1, 0.15) is 11.8 Å². The number of rotatable bonds is 4. The minimum absolute atomic E-state index is 0.0314. The van der Waals surface area contributed by atoms with E-state index in [0.717, 1.165) is 5.56 Å². The van der Waals surface area contributed by atoms with Crippen molar-refractivity contribution in [1.29, 1.82) is 0 Å². The van der Waals surface area contributed by atoms with Gasteiger partial charge in [0.15, 0.2) is 0 Å². The number of methoxy groups -OCH3 is 1. The van der Waals surface area contributed by atoms with Gasteiger partial charge in [0.05, 0.1) is 7.11 Å². The van der Waals surface area contributed by atoms with Crippen LogP contribution in [0.3, 0.4) is 0 Å². The van der Waals surface area contributed by atoms with Crippen molar-refractivity contribution in [3.05, 3.63) is 29.3 Å². The summed E-state index contributed by atoms with van der Waals surface area (Å²) in [5.74, 6) is -0.275. The van der Waals surface area contributed by atoms with Gasteiger partial charge in [-0.05, 0) is 37.2 Å². The van der Waals surface area contributed by atoms with E-state index < -0.39 is 12.0 Å². The molecule has 106 valence electrons. The van der Waals surface area contributed by atoms with Crippen molar-refractivity contribution >= 4 is 5.97 Å². The van der Waals surface area contributed by atoms with Gasteiger partial charge in [-0.3, -0.25) is 9.69 Å². The fourth-order valence-electron chi connectivity index (χ4n) is 2.05. The van der Waals surface area contributed by atoms with Crippen LogP contribution in [0.25, 0.3) is 0 Å². The van der Waals surface area contributed by atoms with Gasteiger partial charge in [-0.15, -0.1) is 0 Å². The molecule has 1 unspecified atom stereocenters. The molecule has 0 aliphatic heterocycles. The number of hydrogen-bond acceptors (Lipinski definition) is 3. The fourth-order valence-corrected chi connectivity index (χ4v) is 2.05. The van der Waals surface area contributed by atoms with Crippen LogP contribution in [-0.4, -0.2) is 37.2 Å². The number of benzene rings is 1. The Morgan fingerprint density at radius 3 is 2.26 bits per heavy atom. The number of carboxylic acids is 1. The van der Waals surface area contributed by atoms with Crippen molar-refractivity contribution in [2.45, 2.75) is 32.2 Å². The molecule has 4 heteroatoms. The zero-order valence-corrected chi connectivity index (χ0v) is 12.5. The van der Waals surface area contributed by atoms with Gasteiger partial charge in [-0.2, -0.15) is 0 Å². The molecule has 0 radical (unpaired) electrons. The molecular weight excluding hydrogens is 242 g/mol. The van der Waals surface area contributed by atoms with E-state index in [1.807, 2.05) is 18.2 Å². The molecule has 0 aliphatic rings. The summed E-state index contributed by atoms with van der Waals surface area (Å²) in [7, 11) is 5.06. The molecule has 1 N–H and O–H groups in total. The highest BCUT2D eigenvalue weighted by atomic mass is 16.5. The first-order valence-electron chi connectivity index (χ1n) is 6.26. The van der Waals surface area contributed by atoms with Crippen LogP contribution in [-0.2, 0) is 10.2 Å². The van der Waals surface area contributed by atoms with Crippen LogP contribution in [0.5, 0.6) is 5.75 Å². The van der Waals surface area contributed by atoms with Crippen LogP contribution < -0.4 is 4.74 Å². The quantitative estimate of drug-likeness (QED) is 0.909. The molecule has 1 aromatic rings. The van der Waals surface area contributed by atoms with Crippen molar-refractivity contribution < 1.29 is 14.6 Å². The Bertz CT molecular complexity index is 461. The summed E-state index contributed by atoms with van der Waals surface area (Å²) in [5, 5.41) is 9.41. The molecule has 0 saturated heterocycles. The van der Waals surface area contributed by atoms with Gasteiger partial charge in [-0.1, -0.05) is 26.8 Å². The van der Waals surface area contributed by atoms with Crippen LogP contribution in [0.4, 0.5) is 0 Å². The van der Waals surface area contributed by atoms with E-state index in [1.165, 1.54) is 0 Å². The monoisotopic (exact) mass is 265 g/mol. The number of likely N-dealkylation sites (N-methyl/N-ethyl adjacent to an activating group) is 1. The molecule has 0 heterocycles. The lowest BCUT2D eigenvalue weighted by atomic mass is 9.85. The molecule has 1 rings (SSSR count). The zero-order valence-electron chi connectivity index (χ0n) is 12.5. The third-order valence-electron chi connectivity index (χ3n) is 3.14. The average molecular weight is 265 g/mol. The van der Waals surface area contributed by atoms with Crippen molar-refractivity contribution in [3.8, 4) is 5.75 Å². The Morgan fingerprint density at radius 1 is 1.32 bits per heavy atom. The van der Waals surface area contributed by atoms with Crippen molar-refractivity contribution in [3.63, 3.8) is 0 Å². The Morgan fingerprint density at radius 2 is 1.89 bits per heavy atom. The highest BCUT2D eigenvalue weighted by molar-refractivity contribution is 5.76. The predicted molar refractivity (Wildman–Crippen MR) is 75.8 cm³/mol. The second kappa shape index (κ2) is 5.61. The Labute approximate surface area is 115 Å². The highest BCUT2D eigenvalue weighted by Crippen LogP contribution is 2.33. The predicted octanol–water partition coefficient (Wildman–Crippen LogP) is 2.68. The Hall–Kier alpha value is -1.55. The number of carboxylic acid groups (broad SMARTS) is 1. The first kappa shape index (κ1) is 15.5. The first-order chi connectivity index (χ1) is 8.68. The maximum Gasteiger partial charge on any atom is 0.325 e. The van der Waals surface area contributed by atoms with E-state index in [0.29, 0.717) is 11.3 Å². The molecule has 0 saturated carbocycles. The Balaban J connectivity index is 3.41. The van der Waals surface area contributed by atoms with Crippen LogP contribution in [0, 0.1) is 0 Å². The molecule has 0 aromatic heterocycles. The highest BCUT2D eigenvalue weighted by Gasteiger charge is 2.27. The second-order valence-corrected chi connectivity index (χ2v) is 5.91. The second-order valence-electron chi connectivity index (χ2n) is 5.91. The molecule has 4 nitrogen and oxygen atoms in total. The molecular formula is C15H23NO3. The van der Waals surface area contributed by atoms with Gasteiger partial charge in [0.25, 0.3) is 0 Å². The summed E-state index contributed by atoms with van der Waals surface area (Å²) < 4.78 is 5.30. The standard InChI is InChI=1S/C15H23NO3/c1-15(2,3)10-7-8-12(19-6)11(9-10)13(14(17)18)16(4)5/h7-9,13H,1-6H3,(H,17,18). The average Bonchev–Trinajstić information content (AvgIpc) is 2.26. The van der Waals surface area contributed by atoms with Gasteiger partial charge < -0.3 is 9.84 Å². The van der Waals surface area contributed by atoms with E-state index in [4.69, 9.17) is 4.74 Å².